The molecule has 0 spiro atoms. The minimum atomic E-state index is -3.13. The number of carbonyl (C=O) groups excluding carboxylic acids is 2. The Morgan fingerprint density at radius 2 is 2.03 bits per heavy atom. The number of benzene rings is 1. The third-order valence-electron chi connectivity index (χ3n) is 4.98. The van der Waals surface area contributed by atoms with Crippen molar-refractivity contribution in [3.8, 4) is 11.3 Å². The van der Waals surface area contributed by atoms with E-state index in [2.05, 4.69) is 0 Å². The molecule has 10 heteroatoms. The molecule has 1 atom stereocenters. The molecule has 31 heavy (non-hydrogen) atoms. The zero-order chi connectivity index (χ0) is 22.2. The Morgan fingerprint density at radius 3 is 2.68 bits per heavy atom. The van der Waals surface area contributed by atoms with E-state index in [0.717, 1.165) is 17.3 Å². The van der Waals surface area contributed by atoms with Crippen molar-refractivity contribution in [1.82, 2.24) is 4.90 Å². The second-order valence-electron chi connectivity index (χ2n) is 7.11. The maximum Gasteiger partial charge on any atom is 0.338 e. The third kappa shape index (κ3) is 4.60. The van der Waals surface area contributed by atoms with Gasteiger partial charge in [0.25, 0.3) is 5.91 Å². The first kappa shape index (κ1) is 21.8. The Hall–Kier alpha value is -2.43. The monoisotopic (exact) mass is 477 g/mol. The summed E-state index contributed by atoms with van der Waals surface area (Å²) < 4.78 is 34.7. The highest BCUT2D eigenvalue weighted by molar-refractivity contribution is 8.26. The Bertz CT molecular complexity index is 1180. The zero-order valence-corrected chi connectivity index (χ0v) is 19.0. The lowest BCUT2D eigenvalue weighted by molar-refractivity contribution is -0.123. The number of furan rings is 1. The number of amides is 1. The molecule has 3 heterocycles. The van der Waals surface area contributed by atoms with Crippen molar-refractivity contribution in [2.24, 2.45) is 0 Å². The molecule has 2 aliphatic heterocycles. The summed E-state index contributed by atoms with van der Waals surface area (Å²) in [4.78, 5) is 26.4. The molecule has 7 nitrogen and oxygen atoms in total. The average molecular weight is 478 g/mol. The van der Waals surface area contributed by atoms with E-state index in [4.69, 9.17) is 21.4 Å². The van der Waals surface area contributed by atoms with Crippen molar-refractivity contribution in [3.05, 3.63) is 52.6 Å². The standard InChI is InChI=1S/C21H19NO6S3/c1-2-27-20(24)14-5-3-13(4-6-14)17-8-7-16(28-17)11-18-19(23)22(21(29)30-18)15-9-10-31(25,26)12-15/h3-8,11,15H,2,9-10,12H2,1H3/b18-11-. The summed E-state index contributed by atoms with van der Waals surface area (Å²) in [7, 11) is -3.13. The number of hydrogen-bond donors (Lipinski definition) is 0. The van der Waals surface area contributed by atoms with E-state index in [1.807, 2.05) is 0 Å². The van der Waals surface area contributed by atoms with E-state index >= 15 is 0 Å². The smallest absolute Gasteiger partial charge is 0.338 e. The van der Waals surface area contributed by atoms with Crippen molar-refractivity contribution in [2.75, 3.05) is 18.1 Å². The summed E-state index contributed by atoms with van der Waals surface area (Å²) in [6, 6.07) is 9.95. The van der Waals surface area contributed by atoms with Crippen LogP contribution in [0.15, 0.2) is 45.7 Å². The predicted molar refractivity (Wildman–Crippen MR) is 122 cm³/mol. The maximum atomic E-state index is 12.8. The normalized spacial score (nSPS) is 21.8. The van der Waals surface area contributed by atoms with Gasteiger partial charge in [-0.25, -0.2) is 13.2 Å². The van der Waals surface area contributed by atoms with Gasteiger partial charge in [-0.15, -0.1) is 0 Å². The number of thiocarbonyl (C=S) groups is 1. The fourth-order valence-corrected chi connectivity index (χ4v) is 6.55. The fraction of sp³-hybridized carbons (Fsp3) is 0.286. The van der Waals surface area contributed by atoms with E-state index in [9.17, 15) is 18.0 Å². The Labute approximate surface area is 189 Å². The average Bonchev–Trinajstić information content (AvgIpc) is 3.40. The highest BCUT2D eigenvalue weighted by Crippen LogP contribution is 2.37. The van der Waals surface area contributed by atoms with Crippen LogP contribution < -0.4 is 0 Å². The molecule has 2 fully saturated rings. The third-order valence-corrected chi connectivity index (χ3v) is 8.06. The summed E-state index contributed by atoms with van der Waals surface area (Å²) in [6.45, 7) is 2.06. The minimum Gasteiger partial charge on any atom is -0.462 e. The number of carbonyl (C=O) groups is 2. The number of rotatable bonds is 5. The molecule has 1 aromatic heterocycles. The van der Waals surface area contributed by atoms with Crippen LogP contribution in [-0.2, 0) is 19.4 Å². The van der Waals surface area contributed by atoms with Gasteiger partial charge in [0, 0.05) is 11.6 Å². The fourth-order valence-electron chi connectivity index (χ4n) is 3.47. The number of esters is 1. The second kappa shape index (κ2) is 8.60. The van der Waals surface area contributed by atoms with E-state index in [1.165, 1.54) is 4.90 Å². The molecule has 1 amide bonds. The molecule has 2 saturated heterocycles. The first-order valence-electron chi connectivity index (χ1n) is 9.62. The van der Waals surface area contributed by atoms with E-state index in [1.54, 1.807) is 49.4 Å². The lowest BCUT2D eigenvalue weighted by atomic mass is 10.1. The topological polar surface area (TPSA) is 93.9 Å². The number of hydrogen-bond acceptors (Lipinski definition) is 8. The van der Waals surface area contributed by atoms with Crippen LogP contribution in [0, 0.1) is 0 Å². The maximum absolute atomic E-state index is 12.8. The highest BCUT2D eigenvalue weighted by Gasteiger charge is 2.42. The van der Waals surface area contributed by atoms with Gasteiger partial charge in [-0.2, -0.15) is 0 Å². The van der Waals surface area contributed by atoms with Gasteiger partial charge in [-0.3, -0.25) is 9.69 Å². The SMILES string of the molecule is CCOC(=O)c1ccc(-c2ccc(/C=C3\SC(=S)N(C4CCS(=O)(=O)C4)C3=O)o2)cc1. The van der Waals surface area contributed by atoms with Crippen LogP contribution in [0.3, 0.4) is 0 Å². The van der Waals surface area contributed by atoms with Crippen molar-refractivity contribution in [1.29, 1.82) is 0 Å². The van der Waals surface area contributed by atoms with Crippen molar-refractivity contribution < 1.29 is 27.2 Å². The van der Waals surface area contributed by atoms with Gasteiger partial charge in [0.15, 0.2) is 9.84 Å². The van der Waals surface area contributed by atoms with Gasteiger partial charge >= 0.3 is 5.97 Å². The molecule has 0 bridgehead atoms. The van der Waals surface area contributed by atoms with Crippen LogP contribution in [-0.4, -0.2) is 53.7 Å². The first-order valence-corrected chi connectivity index (χ1v) is 12.7. The molecule has 0 saturated carbocycles. The molecule has 162 valence electrons. The summed E-state index contributed by atoms with van der Waals surface area (Å²) in [5.74, 6) is 0.395. The van der Waals surface area contributed by atoms with Crippen LogP contribution in [0.2, 0.25) is 0 Å². The second-order valence-corrected chi connectivity index (χ2v) is 11.0. The quantitative estimate of drug-likeness (QED) is 0.367. The Morgan fingerprint density at radius 1 is 1.29 bits per heavy atom. The number of nitrogens with zero attached hydrogens (tertiary/aromatic N) is 1. The molecule has 0 radical (unpaired) electrons. The number of sulfone groups is 1. The molecule has 2 aliphatic rings. The molecule has 4 rings (SSSR count). The van der Waals surface area contributed by atoms with Crippen LogP contribution in [0.4, 0.5) is 0 Å². The largest absolute Gasteiger partial charge is 0.462 e. The van der Waals surface area contributed by atoms with Gasteiger partial charge in [-0.05, 0) is 37.6 Å². The van der Waals surface area contributed by atoms with Crippen molar-refractivity contribution in [3.63, 3.8) is 0 Å². The summed E-state index contributed by atoms with van der Waals surface area (Å²) >= 11 is 6.46. The lowest BCUT2D eigenvalue weighted by Crippen LogP contribution is -2.39. The van der Waals surface area contributed by atoms with Crippen molar-refractivity contribution in [2.45, 2.75) is 19.4 Å². The molecule has 1 unspecified atom stereocenters. The Kier molecular flexibility index (Phi) is 6.05. The predicted octanol–water partition coefficient (Wildman–Crippen LogP) is 3.51. The molecule has 2 aromatic rings. The van der Waals surface area contributed by atoms with Crippen LogP contribution in [0.5, 0.6) is 0 Å². The lowest BCUT2D eigenvalue weighted by Gasteiger charge is -2.20. The van der Waals surface area contributed by atoms with Crippen LogP contribution in [0.25, 0.3) is 17.4 Å². The summed E-state index contributed by atoms with van der Waals surface area (Å²) in [5, 5.41) is 0. The zero-order valence-electron chi connectivity index (χ0n) is 16.6. The Balaban J connectivity index is 1.50. The van der Waals surface area contributed by atoms with Gasteiger partial charge in [0.2, 0.25) is 0 Å². The summed E-state index contributed by atoms with van der Waals surface area (Å²) in [6.07, 6.45) is 2.01. The molecular weight excluding hydrogens is 458 g/mol. The molecule has 1 aromatic carbocycles. The van der Waals surface area contributed by atoms with E-state index < -0.39 is 15.9 Å². The van der Waals surface area contributed by atoms with Crippen LogP contribution >= 0.6 is 24.0 Å². The number of thioether (sulfide) groups is 1. The summed E-state index contributed by atoms with van der Waals surface area (Å²) in [5.41, 5.74) is 1.23. The first-order chi connectivity index (χ1) is 14.8. The van der Waals surface area contributed by atoms with Crippen molar-refractivity contribution >= 4 is 56.1 Å². The van der Waals surface area contributed by atoms with Gasteiger partial charge < -0.3 is 9.15 Å². The van der Waals surface area contributed by atoms with Gasteiger partial charge in [-0.1, -0.05) is 36.1 Å². The molecular formula is C21H19NO6S3. The minimum absolute atomic E-state index is 0.0561. The molecule has 0 aliphatic carbocycles. The highest BCUT2D eigenvalue weighted by atomic mass is 32.2. The van der Waals surface area contributed by atoms with E-state index in [-0.39, 0.29) is 23.4 Å². The van der Waals surface area contributed by atoms with Gasteiger partial charge in [0.1, 0.15) is 15.8 Å². The molecule has 0 N–H and O–H groups in total. The van der Waals surface area contributed by atoms with E-state index in [0.29, 0.717) is 39.3 Å². The van der Waals surface area contributed by atoms with Crippen LogP contribution in [0.1, 0.15) is 29.5 Å². The number of ether oxygens (including phenoxy) is 1. The van der Waals surface area contributed by atoms with Gasteiger partial charge in [0.05, 0.1) is 34.6 Å².